The van der Waals surface area contributed by atoms with Gasteiger partial charge in [-0.25, -0.2) is 0 Å². The fourth-order valence-electron chi connectivity index (χ4n) is 5.18. The Morgan fingerprint density at radius 3 is 1.97 bits per heavy atom. The van der Waals surface area contributed by atoms with Crippen LogP contribution in [0.2, 0.25) is 0 Å². The number of likely N-dealkylation sites (N-methyl/N-ethyl adjacent to an activating group) is 1. The minimum absolute atomic E-state index is 0.171. The van der Waals surface area contributed by atoms with Crippen molar-refractivity contribution in [3.05, 3.63) is 0 Å². The van der Waals surface area contributed by atoms with Gasteiger partial charge in [0.2, 0.25) is 5.91 Å². The number of carbonyl (C=O) groups excluding carboxylic acids is 2. The number of piperazine rings is 1. The van der Waals surface area contributed by atoms with Gasteiger partial charge in [-0.15, -0.1) is 0 Å². The number of Topliss-reactive ketones (excluding diaryl/α,β-unsaturated/α-hetero) is 1. The fraction of sp³-hybridized carbons (Fsp3) is 0.923. The Morgan fingerprint density at radius 1 is 0.806 bits per heavy atom. The van der Waals surface area contributed by atoms with Crippen LogP contribution in [-0.2, 0) is 9.59 Å². The number of piperidine rings is 1. The Bertz CT molecular complexity index is 495. The third kappa shape index (κ3) is 9.61. The summed E-state index contributed by atoms with van der Waals surface area (Å²) in [6.07, 6.45) is 8.61. The van der Waals surface area contributed by atoms with Gasteiger partial charge in [0.15, 0.2) is 0 Å². The van der Waals surface area contributed by atoms with Crippen LogP contribution in [-0.4, -0.2) is 79.3 Å². The van der Waals surface area contributed by atoms with Gasteiger partial charge in [-0.2, -0.15) is 0 Å². The van der Waals surface area contributed by atoms with Crippen LogP contribution in [0, 0.1) is 17.8 Å². The minimum atomic E-state index is 0.171. The van der Waals surface area contributed by atoms with Gasteiger partial charge < -0.3 is 14.7 Å². The van der Waals surface area contributed by atoms with Crippen molar-refractivity contribution < 1.29 is 9.59 Å². The second-order valence-corrected chi connectivity index (χ2v) is 9.24. The summed E-state index contributed by atoms with van der Waals surface area (Å²) in [6, 6.07) is 0. The van der Waals surface area contributed by atoms with Crippen molar-refractivity contribution >= 4 is 11.7 Å². The number of rotatable bonds is 6. The summed E-state index contributed by atoms with van der Waals surface area (Å²) in [5.74, 6) is 1.74. The molecular formula is C26H51N3O2. The third-order valence-corrected chi connectivity index (χ3v) is 7.16. The Labute approximate surface area is 192 Å². The van der Waals surface area contributed by atoms with E-state index in [1.165, 1.54) is 52.0 Å². The molecule has 0 aromatic carbocycles. The Balaban J connectivity index is 0.00000113. The lowest BCUT2D eigenvalue weighted by atomic mass is 9.79. The number of amides is 1. The Morgan fingerprint density at radius 2 is 1.39 bits per heavy atom. The first kappa shape index (κ1) is 28.1. The maximum atomic E-state index is 13.0. The lowest BCUT2D eigenvalue weighted by molar-refractivity contribution is -0.139. The van der Waals surface area contributed by atoms with E-state index in [0.717, 1.165) is 45.2 Å². The van der Waals surface area contributed by atoms with Crippen molar-refractivity contribution in [1.82, 2.24) is 14.7 Å². The predicted octanol–water partition coefficient (Wildman–Crippen LogP) is 4.70. The summed E-state index contributed by atoms with van der Waals surface area (Å²) in [6.45, 7) is 17.6. The van der Waals surface area contributed by atoms with Gasteiger partial charge in [-0.05, 0) is 77.8 Å². The van der Waals surface area contributed by atoms with E-state index in [1.807, 2.05) is 27.7 Å². The minimum Gasteiger partial charge on any atom is -0.342 e. The summed E-state index contributed by atoms with van der Waals surface area (Å²) in [5, 5.41) is 0. The standard InChI is InChI=1S/C22H39N3O2.2C2H6/c1-18(26)20-7-9-21(10-8-20)22(27)25-12-4-6-19(17-25)5-3-11-24-15-13-23(2)14-16-24;2*1-2/h19-21H,3-17H2,1-2H3;2*1-2H3. The molecule has 5 heteroatoms. The van der Waals surface area contributed by atoms with E-state index in [1.54, 1.807) is 6.92 Å². The molecule has 3 fully saturated rings. The van der Waals surface area contributed by atoms with Crippen molar-refractivity contribution in [2.45, 2.75) is 86.0 Å². The summed E-state index contributed by atoms with van der Waals surface area (Å²) in [4.78, 5) is 31.7. The van der Waals surface area contributed by atoms with Crippen LogP contribution in [0.25, 0.3) is 0 Å². The number of hydrogen-bond acceptors (Lipinski definition) is 4. The zero-order valence-electron chi connectivity index (χ0n) is 21.5. The van der Waals surface area contributed by atoms with Crippen LogP contribution in [0.3, 0.4) is 0 Å². The lowest BCUT2D eigenvalue weighted by Crippen LogP contribution is -2.45. The highest BCUT2D eigenvalue weighted by atomic mass is 16.2. The van der Waals surface area contributed by atoms with Crippen molar-refractivity contribution in [3.8, 4) is 0 Å². The molecule has 2 saturated heterocycles. The van der Waals surface area contributed by atoms with Gasteiger partial charge in [0.25, 0.3) is 0 Å². The Hall–Kier alpha value is -0.940. The van der Waals surface area contributed by atoms with Gasteiger partial charge in [-0.1, -0.05) is 27.7 Å². The zero-order valence-corrected chi connectivity index (χ0v) is 21.5. The maximum Gasteiger partial charge on any atom is 0.225 e. The molecule has 5 nitrogen and oxygen atoms in total. The monoisotopic (exact) mass is 437 g/mol. The molecular weight excluding hydrogens is 386 g/mol. The van der Waals surface area contributed by atoms with Crippen LogP contribution in [0.5, 0.6) is 0 Å². The average molecular weight is 438 g/mol. The van der Waals surface area contributed by atoms with Gasteiger partial charge in [0, 0.05) is 51.1 Å². The summed E-state index contributed by atoms with van der Waals surface area (Å²) >= 11 is 0. The fourth-order valence-corrected chi connectivity index (χ4v) is 5.18. The SMILES string of the molecule is CC.CC.CC(=O)C1CCC(C(=O)N2CCCC(CCCN3CCN(C)CC3)C2)CC1. The van der Waals surface area contributed by atoms with E-state index in [-0.39, 0.29) is 11.8 Å². The van der Waals surface area contributed by atoms with Crippen molar-refractivity contribution in [1.29, 1.82) is 0 Å². The van der Waals surface area contributed by atoms with Gasteiger partial charge in [0.1, 0.15) is 5.78 Å². The normalized spacial score (nSPS) is 27.4. The molecule has 1 saturated carbocycles. The molecule has 1 atom stereocenters. The molecule has 0 spiro atoms. The molecule has 0 bridgehead atoms. The molecule has 31 heavy (non-hydrogen) atoms. The number of likely N-dealkylation sites (tertiary alicyclic amines) is 1. The van der Waals surface area contributed by atoms with E-state index in [4.69, 9.17) is 0 Å². The summed E-state index contributed by atoms with van der Waals surface area (Å²) in [7, 11) is 2.21. The quantitative estimate of drug-likeness (QED) is 0.604. The summed E-state index contributed by atoms with van der Waals surface area (Å²) < 4.78 is 0. The van der Waals surface area contributed by atoms with Crippen LogP contribution >= 0.6 is 0 Å². The molecule has 1 aliphatic carbocycles. The number of ketones is 1. The lowest BCUT2D eigenvalue weighted by Gasteiger charge is -2.37. The second-order valence-electron chi connectivity index (χ2n) is 9.24. The largest absolute Gasteiger partial charge is 0.342 e. The third-order valence-electron chi connectivity index (χ3n) is 7.16. The predicted molar refractivity (Wildman–Crippen MR) is 131 cm³/mol. The van der Waals surface area contributed by atoms with Crippen LogP contribution < -0.4 is 0 Å². The van der Waals surface area contributed by atoms with Gasteiger partial charge >= 0.3 is 0 Å². The maximum absolute atomic E-state index is 13.0. The van der Waals surface area contributed by atoms with E-state index in [0.29, 0.717) is 17.6 Å². The van der Waals surface area contributed by atoms with Crippen LogP contribution in [0.1, 0.15) is 86.0 Å². The molecule has 0 aromatic heterocycles. The highest BCUT2D eigenvalue weighted by Gasteiger charge is 2.32. The Kier molecular flexibility index (Phi) is 14.3. The molecule has 0 radical (unpaired) electrons. The molecule has 2 heterocycles. The first-order valence-corrected chi connectivity index (χ1v) is 13.2. The highest BCUT2D eigenvalue weighted by molar-refractivity contribution is 5.81. The highest BCUT2D eigenvalue weighted by Crippen LogP contribution is 2.32. The number of hydrogen-bond donors (Lipinski definition) is 0. The number of nitrogens with zero attached hydrogens (tertiary/aromatic N) is 3. The number of carbonyl (C=O) groups is 2. The average Bonchev–Trinajstić information content (AvgIpc) is 2.83. The first-order chi connectivity index (χ1) is 15.0. The molecule has 3 aliphatic rings. The van der Waals surface area contributed by atoms with Crippen LogP contribution in [0.15, 0.2) is 0 Å². The van der Waals surface area contributed by atoms with E-state index in [9.17, 15) is 9.59 Å². The van der Waals surface area contributed by atoms with E-state index in [2.05, 4.69) is 21.7 Å². The molecule has 0 N–H and O–H groups in total. The van der Waals surface area contributed by atoms with Crippen molar-refractivity contribution in [2.24, 2.45) is 17.8 Å². The second kappa shape index (κ2) is 15.8. The van der Waals surface area contributed by atoms with Gasteiger partial charge in [0.05, 0.1) is 0 Å². The van der Waals surface area contributed by atoms with Crippen molar-refractivity contribution in [3.63, 3.8) is 0 Å². The summed E-state index contributed by atoms with van der Waals surface area (Å²) in [5.41, 5.74) is 0. The topological polar surface area (TPSA) is 43.9 Å². The molecule has 3 rings (SSSR count). The first-order valence-electron chi connectivity index (χ1n) is 13.2. The van der Waals surface area contributed by atoms with Crippen LogP contribution in [0.4, 0.5) is 0 Å². The smallest absolute Gasteiger partial charge is 0.225 e. The zero-order chi connectivity index (χ0) is 23.2. The van der Waals surface area contributed by atoms with Gasteiger partial charge in [-0.3, -0.25) is 9.59 Å². The molecule has 2 aliphatic heterocycles. The van der Waals surface area contributed by atoms with E-state index < -0.39 is 0 Å². The van der Waals surface area contributed by atoms with Crippen molar-refractivity contribution in [2.75, 3.05) is 52.9 Å². The molecule has 1 unspecified atom stereocenters. The molecule has 0 aromatic rings. The molecule has 182 valence electrons. The van der Waals surface area contributed by atoms with E-state index >= 15 is 0 Å². The molecule has 1 amide bonds.